The number of fused-ring (bicyclic) bond motifs is 1. The van der Waals surface area contributed by atoms with Gasteiger partial charge in [0.1, 0.15) is 0 Å². The molecule has 0 aromatic heterocycles. The molecule has 124 valence electrons. The second-order valence-corrected chi connectivity index (χ2v) is 8.61. The predicted molar refractivity (Wildman–Crippen MR) is 85.1 cm³/mol. The molecule has 5 nitrogen and oxygen atoms in total. The van der Waals surface area contributed by atoms with Crippen LogP contribution in [0.2, 0.25) is 0 Å². The Morgan fingerprint density at radius 1 is 1.22 bits per heavy atom. The SMILES string of the molecule is C[C@H](OC(=O)[C@@H]1CCS(=O)(=O)C1)C(=O)c1ccc2c(c1)CCC2. The van der Waals surface area contributed by atoms with Gasteiger partial charge in [0.05, 0.1) is 17.4 Å². The second-order valence-electron chi connectivity index (χ2n) is 6.38. The van der Waals surface area contributed by atoms with Crippen LogP contribution in [0.4, 0.5) is 0 Å². The molecule has 6 heteroatoms. The summed E-state index contributed by atoms with van der Waals surface area (Å²) >= 11 is 0. The van der Waals surface area contributed by atoms with Crippen molar-refractivity contribution in [2.45, 2.75) is 38.7 Å². The summed E-state index contributed by atoms with van der Waals surface area (Å²) in [6.07, 6.45) is 2.51. The van der Waals surface area contributed by atoms with Gasteiger partial charge in [0.25, 0.3) is 0 Å². The molecule has 0 unspecified atom stereocenters. The number of hydrogen-bond acceptors (Lipinski definition) is 5. The lowest BCUT2D eigenvalue weighted by molar-refractivity contribution is -0.150. The summed E-state index contributed by atoms with van der Waals surface area (Å²) in [7, 11) is -3.14. The molecule has 0 amide bonds. The highest BCUT2D eigenvalue weighted by molar-refractivity contribution is 7.91. The maximum atomic E-state index is 12.4. The smallest absolute Gasteiger partial charge is 0.310 e. The molecule has 0 N–H and O–H groups in total. The van der Waals surface area contributed by atoms with Crippen LogP contribution in [0.5, 0.6) is 0 Å². The van der Waals surface area contributed by atoms with Crippen LogP contribution in [-0.4, -0.2) is 37.8 Å². The van der Waals surface area contributed by atoms with Crippen molar-refractivity contribution in [3.63, 3.8) is 0 Å². The minimum Gasteiger partial charge on any atom is -0.454 e. The molecular weight excluding hydrogens is 316 g/mol. The quantitative estimate of drug-likeness (QED) is 0.618. The number of ether oxygens (including phenoxy) is 1. The van der Waals surface area contributed by atoms with Crippen LogP contribution in [0.15, 0.2) is 18.2 Å². The molecule has 1 aliphatic carbocycles. The number of sulfone groups is 1. The highest BCUT2D eigenvalue weighted by Gasteiger charge is 2.35. The van der Waals surface area contributed by atoms with Crippen LogP contribution in [0.3, 0.4) is 0 Å². The van der Waals surface area contributed by atoms with Gasteiger partial charge in [-0.3, -0.25) is 9.59 Å². The number of carbonyl (C=O) groups is 2. The number of Topliss-reactive ketones (excluding diaryl/α,β-unsaturated/α-hetero) is 1. The minimum absolute atomic E-state index is 0.0138. The third-order valence-corrected chi connectivity index (χ3v) is 6.38. The molecule has 0 radical (unpaired) electrons. The lowest BCUT2D eigenvalue weighted by Crippen LogP contribution is -2.29. The Bertz CT molecular complexity index is 750. The minimum atomic E-state index is -3.14. The molecule has 0 saturated carbocycles. The number of benzene rings is 1. The molecule has 2 atom stereocenters. The van der Waals surface area contributed by atoms with Crippen molar-refractivity contribution in [3.05, 3.63) is 34.9 Å². The third kappa shape index (κ3) is 3.47. The molecule has 23 heavy (non-hydrogen) atoms. The van der Waals surface area contributed by atoms with Gasteiger partial charge in [-0.05, 0) is 49.8 Å². The molecule has 3 rings (SSSR count). The van der Waals surface area contributed by atoms with E-state index in [-0.39, 0.29) is 23.7 Å². The van der Waals surface area contributed by atoms with Crippen molar-refractivity contribution in [1.82, 2.24) is 0 Å². The van der Waals surface area contributed by atoms with Gasteiger partial charge in [0.15, 0.2) is 15.9 Å². The van der Waals surface area contributed by atoms with Crippen molar-refractivity contribution in [3.8, 4) is 0 Å². The van der Waals surface area contributed by atoms with E-state index < -0.39 is 27.8 Å². The zero-order valence-electron chi connectivity index (χ0n) is 13.1. The second kappa shape index (κ2) is 6.07. The standard InChI is InChI=1S/C17H20O5S/c1-11(22-17(19)15-7-8-23(20,21)10-15)16(18)14-6-5-12-3-2-4-13(12)9-14/h5-6,9,11,15H,2-4,7-8,10H2,1H3/t11-,15+/m0/s1. The Morgan fingerprint density at radius 2 is 1.96 bits per heavy atom. The summed E-state index contributed by atoms with van der Waals surface area (Å²) in [6, 6.07) is 5.62. The Morgan fingerprint density at radius 3 is 2.65 bits per heavy atom. The average Bonchev–Trinajstić information content (AvgIpc) is 3.11. The first kappa shape index (κ1) is 16.2. The molecule has 1 heterocycles. The molecule has 0 spiro atoms. The first-order chi connectivity index (χ1) is 10.9. The lowest BCUT2D eigenvalue weighted by atomic mass is 10.0. The normalized spacial score (nSPS) is 23.3. The largest absolute Gasteiger partial charge is 0.454 e. The molecule has 1 aromatic carbocycles. The van der Waals surface area contributed by atoms with Gasteiger partial charge in [-0.15, -0.1) is 0 Å². The van der Waals surface area contributed by atoms with Crippen molar-refractivity contribution >= 4 is 21.6 Å². The zero-order valence-corrected chi connectivity index (χ0v) is 13.9. The fourth-order valence-corrected chi connectivity index (χ4v) is 4.99. The maximum absolute atomic E-state index is 12.4. The van der Waals surface area contributed by atoms with E-state index in [9.17, 15) is 18.0 Å². The molecular formula is C17H20O5S. The van der Waals surface area contributed by atoms with E-state index in [2.05, 4.69) is 0 Å². The summed E-state index contributed by atoms with van der Waals surface area (Å²) in [5, 5.41) is 0. The number of ketones is 1. The van der Waals surface area contributed by atoms with Gasteiger partial charge >= 0.3 is 5.97 Å². The Hall–Kier alpha value is -1.69. The fourth-order valence-electron chi connectivity index (χ4n) is 3.26. The van der Waals surface area contributed by atoms with Crippen LogP contribution in [-0.2, 0) is 32.2 Å². The van der Waals surface area contributed by atoms with E-state index in [1.165, 1.54) is 18.1 Å². The highest BCUT2D eigenvalue weighted by Crippen LogP contribution is 2.24. The number of rotatable bonds is 4. The predicted octanol–water partition coefficient (Wildman–Crippen LogP) is 1.72. The summed E-state index contributed by atoms with van der Waals surface area (Å²) < 4.78 is 28.1. The van der Waals surface area contributed by atoms with Crippen LogP contribution in [0, 0.1) is 5.92 Å². The molecule has 1 fully saturated rings. The van der Waals surface area contributed by atoms with E-state index >= 15 is 0 Å². The average molecular weight is 336 g/mol. The van der Waals surface area contributed by atoms with Crippen molar-refractivity contribution in [1.29, 1.82) is 0 Å². The first-order valence-corrected chi connectivity index (χ1v) is 9.75. The first-order valence-electron chi connectivity index (χ1n) is 7.93. The maximum Gasteiger partial charge on any atom is 0.310 e. The molecule has 1 aliphatic heterocycles. The van der Waals surface area contributed by atoms with E-state index in [0.717, 1.165) is 19.3 Å². The number of aryl methyl sites for hydroxylation is 2. The lowest BCUT2D eigenvalue weighted by Gasteiger charge is -2.15. The monoisotopic (exact) mass is 336 g/mol. The van der Waals surface area contributed by atoms with Crippen LogP contribution >= 0.6 is 0 Å². The highest BCUT2D eigenvalue weighted by atomic mass is 32.2. The fraction of sp³-hybridized carbons (Fsp3) is 0.529. The van der Waals surface area contributed by atoms with E-state index in [1.807, 2.05) is 12.1 Å². The molecule has 0 bridgehead atoms. The van der Waals surface area contributed by atoms with Gasteiger partial charge in [0, 0.05) is 5.56 Å². The van der Waals surface area contributed by atoms with E-state index in [0.29, 0.717) is 5.56 Å². The molecule has 1 aromatic rings. The summed E-state index contributed by atoms with van der Waals surface area (Å²) in [5.41, 5.74) is 3.02. The van der Waals surface area contributed by atoms with E-state index in [1.54, 1.807) is 6.07 Å². The zero-order chi connectivity index (χ0) is 16.6. The third-order valence-electron chi connectivity index (χ3n) is 4.61. The van der Waals surface area contributed by atoms with E-state index in [4.69, 9.17) is 4.74 Å². The van der Waals surface area contributed by atoms with Gasteiger partial charge in [-0.25, -0.2) is 8.42 Å². The summed E-state index contributed by atoms with van der Waals surface area (Å²) in [4.78, 5) is 24.5. The van der Waals surface area contributed by atoms with Crippen LogP contribution in [0.25, 0.3) is 0 Å². The van der Waals surface area contributed by atoms with Crippen LogP contribution < -0.4 is 0 Å². The van der Waals surface area contributed by atoms with Gasteiger partial charge in [-0.2, -0.15) is 0 Å². The Kier molecular flexibility index (Phi) is 4.27. The summed E-state index contributed by atoms with van der Waals surface area (Å²) in [6.45, 7) is 1.54. The van der Waals surface area contributed by atoms with Crippen molar-refractivity contribution in [2.24, 2.45) is 5.92 Å². The molecule has 2 aliphatic rings. The van der Waals surface area contributed by atoms with Crippen LogP contribution in [0.1, 0.15) is 41.3 Å². The topological polar surface area (TPSA) is 77.5 Å². The summed E-state index contributed by atoms with van der Waals surface area (Å²) in [5.74, 6) is -1.64. The van der Waals surface area contributed by atoms with Gasteiger partial charge in [-0.1, -0.05) is 12.1 Å². The Balaban J connectivity index is 1.65. The number of hydrogen-bond donors (Lipinski definition) is 0. The number of esters is 1. The van der Waals surface area contributed by atoms with Crippen molar-refractivity contribution in [2.75, 3.05) is 11.5 Å². The molecule has 1 saturated heterocycles. The van der Waals surface area contributed by atoms with Crippen molar-refractivity contribution < 1.29 is 22.7 Å². The van der Waals surface area contributed by atoms with Gasteiger partial charge < -0.3 is 4.74 Å². The van der Waals surface area contributed by atoms with Gasteiger partial charge in [0.2, 0.25) is 5.78 Å². The Labute approximate surface area is 135 Å². The number of carbonyl (C=O) groups excluding carboxylic acids is 2.